The lowest BCUT2D eigenvalue weighted by Crippen LogP contribution is -2.49. The summed E-state index contributed by atoms with van der Waals surface area (Å²) in [5.74, 6) is 0.0695. The van der Waals surface area contributed by atoms with Gasteiger partial charge in [0.05, 0.1) is 12.6 Å². The molecule has 3 rings (SSSR count). The van der Waals surface area contributed by atoms with Crippen molar-refractivity contribution in [2.24, 2.45) is 0 Å². The highest BCUT2D eigenvalue weighted by Gasteiger charge is 2.22. The molecule has 1 aliphatic rings. The number of carbonyl (C=O) groups is 1. The SMILES string of the molecule is CCN1CCN(CC(=O)N[C@@H](c2ccncc2)c2ccccc2C)CC1. The molecule has 0 bridgehead atoms. The van der Waals surface area contributed by atoms with Crippen LogP contribution in [0.2, 0.25) is 0 Å². The van der Waals surface area contributed by atoms with E-state index in [1.807, 2.05) is 24.3 Å². The summed E-state index contributed by atoms with van der Waals surface area (Å²) in [4.78, 5) is 21.5. The number of amides is 1. The number of aromatic nitrogens is 1. The molecule has 1 amide bonds. The van der Waals surface area contributed by atoms with Crippen molar-refractivity contribution in [2.75, 3.05) is 39.3 Å². The minimum atomic E-state index is -0.149. The third kappa shape index (κ3) is 4.68. The van der Waals surface area contributed by atoms with Crippen molar-refractivity contribution in [1.29, 1.82) is 0 Å². The molecule has 138 valence electrons. The Balaban J connectivity index is 1.70. The summed E-state index contributed by atoms with van der Waals surface area (Å²) in [6, 6.07) is 12.0. The Morgan fingerprint density at radius 2 is 1.73 bits per heavy atom. The van der Waals surface area contributed by atoms with E-state index in [1.165, 1.54) is 5.56 Å². The number of nitrogens with one attached hydrogen (secondary N) is 1. The molecule has 1 fully saturated rings. The van der Waals surface area contributed by atoms with Crippen molar-refractivity contribution in [1.82, 2.24) is 20.1 Å². The van der Waals surface area contributed by atoms with Gasteiger partial charge in [0.2, 0.25) is 5.91 Å². The molecule has 1 aromatic heterocycles. The van der Waals surface area contributed by atoms with E-state index in [0.717, 1.165) is 43.9 Å². The smallest absolute Gasteiger partial charge is 0.234 e. The predicted molar refractivity (Wildman–Crippen MR) is 104 cm³/mol. The van der Waals surface area contributed by atoms with Crippen molar-refractivity contribution >= 4 is 5.91 Å². The quantitative estimate of drug-likeness (QED) is 0.866. The minimum absolute atomic E-state index is 0.0695. The van der Waals surface area contributed by atoms with Gasteiger partial charge >= 0.3 is 0 Å². The Labute approximate surface area is 156 Å². The molecule has 0 saturated carbocycles. The fourth-order valence-electron chi connectivity index (χ4n) is 3.48. The van der Waals surface area contributed by atoms with Crippen molar-refractivity contribution in [2.45, 2.75) is 19.9 Å². The molecule has 5 heteroatoms. The molecule has 1 aromatic carbocycles. The summed E-state index contributed by atoms with van der Waals surface area (Å²) >= 11 is 0. The van der Waals surface area contributed by atoms with Crippen LogP contribution in [0.4, 0.5) is 0 Å². The van der Waals surface area contributed by atoms with Gasteiger partial charge in [-0.1, -0.05) is 31.2 Å². The fraction of sp³-hybridized carbons (Fsp3) is 0.429. The van der Waals surface area contributed by atoms with Gasteiger partial charge in [0.1, 0.15) is 0 Å². The highest BCUT2D eigenvalue weighted by Crippen LogP contribution is 2.24. The van der Waals surface area contributed by atoms with E-state index in [0.29, 0.717) is 6.54 Å². The molecule has 0 spiro atoms. The standard InChI is InChI=1S/C21H28N4O/c1-3-24-12-14-25(15-13-24)16-20(26)23-21(18-8-10-22-11-9-18)19-7-5-4-6-17(19)2/h4-11,21H,3,12-16H2,1-2H3,(H,23,26)/t21-/m0/s1. The molecule has 26 heavy (non-hydrogen) atoms. The minimum Gasteiger partial charge on any atom is -0.344 e. The second-order valence-corrected chi connectivity index (χ2v) is 6.85. The lowest BCUT2D eigenvalue weighted by Gasteiger charge is -2.34. The van der Waals surface area contributed by atoms with Crippen LogP contribution in [0.1, 0.15) is 29.7 Å². The van der Waals surface area contributed by atoms with Crippen LogP contribution in [0.5, 0.6) is 0 Å². The Morgan fingerprint density at radius 3 is 2.38 bits per heavy atom. The van der Waals surface area contributed by atoms with Crippen LogP contribution in [0.15, 0.2) is 48.8 Å². The van der Waals surface area contributed by atoms with Gasteiger partial charge < -0.3 is 10.2 Å². The van der Waals surface area contributed by atoms with Gasteiger partial charge in [0.15, 0.2) is 0 Å². The Bertz CT molecular complexity index is 711. The summed E-state index contributed by atoms with van der Waals surface area (Å²) in [5.41, 5.74) is 3.35. The van der Waals surface area contributed by atoms with Crippen molar-refractivity contribution < 1.29 is 4.79 Å². The van der Waals surface area contributed by atoms with Crippen molar-refractivity contribution in [3.63, 3.8) is 0 Å². The number of nitrogens with zero attached hydrogens (tertiary/aromatic N) is 3. The average molecular weight is 352 g/mol. The lowest BCUT2D eigenvalue weighted by molar-refractivity contribution is -0.123. The van der Waals surface area contributed by atoms with Gasteiger partial charge in [-0.2, -0.15) is 0 Å². The van der Waals surface area contributed by atoms with Crippen LogP contribution in [0.3, 0.4) is 0 Å². The van der Waals surface area contributed by atoms with E-state index in [4.69, 9.17) is 0 Å². The normalized spacial score (nSPS) is 17.0. The van der Waals surface area contributed by atoms with E-state index in [2.05, 4.69) is 46.1 Å². The Hall–Kier alpha value is -2.24. The summed E-state index contributed by atoms with van der Waals surface area (Å²) in [5, 5.41) is 3.24. The summed E-state index contributed by atoms with van der Waals surface area (Å²) in [6.07, 6.45) is 3.55. The number of rotatable bonds is 6. The first kappa shape index (κ1) is 18.5. The van der Waals surface area contributed by atoms with Crippen LogP contribution in [-0.4, -0.2) is 60.0 Å². The maximum atomic E-state index is 12.7. The van der Waals surface area contributed by atoms with E-state index in [-0.39, 0.29) is 11.9 Å². The van der Waals surface area contributed by atoms with E-state index >= 15 is 0 Å². The number of likely N-dealkylation sites (N-methyl/N-ethyl adjacent to an activating group) is 1. The van der Waals surface area contributed by atoms with Crippen LogP contribution in [0, 0.1) is 6.92 Å². The fourth-order valence-corrected chi connectivity index (χ4v) is 3.48. The maximum absolute atomic E-state index is 12.7. The van der Waals surface area contributed by atoms with E-state index in [1.54, 1.807) is 12.4 Å². The van der Waals surface area contributed by atoms with Crippen molar-refractivity contribution in [3.8, 4) is 0 Å². The molecule has 0 aliphatic carbocycles. The zero-order valence-corrected chi connectivity index (χ0v) is 15.7. The van der Waals surface area contributed by atoms with Gasteiger partial charge in [-0.05, 0) is 42.3 Å². The molecule has 1 N–H and O–H groups in total. The molecule has 0 radical (unpaired) electrons. The first-order chi connectivity index (χ1) is 12.7. The average Bonchev–Trinajstić information content (AvgIpc) is 2.68. The highest BCUT2D eigenvalue weighted by molar-refractivity contribution is 5.79. The number of pyridine rings is 1. The number of hydrogen-bond donors (Lipinski definition) is 1. The molecule has 2 heterocycles. The number of piperazine rings is 1. The van der Waals surface area contributed by atoms with Crippen LogP contribution in [0.25, 0.3) is 0 Å². The zero-order chi connectivity index (χ0) is 18.4. The van der Waals surface area contributed by atoms with Crippen LogP contribution < -0.4 is 5.32 Å². The van der Waals surface area contributed by atoms with Gasteiger partial charge in [0.25, 0.3) is 0 Å². The number of carbonyl (C=O) groups excluding carboxylic acids is 1. The molecule has 1 saturated heterocycles. The topological polar surface area (TPSA) is 48.5 Å². The first-order valence-corrected chi connectivity index (χ1v) is 9.37. The third-order valence-corrected chi connectivity index (χ3v) is 5.12. The van der Waals surface area contributed by atoms with Gasteiger partial charge in [-0.3, -0.25) is 14.7 Å². The molecule has 1 aliphatic heterocycles. The number of benzene rings is 1. The lowest BCUT2D eigenvalue weighted by atomic mass is 9.95. The van der Waals surface area contributed by atoms with Crippen LogP contribution in [-0.2, 0) is 4.79 Å². The summed E-state index contributed by atoms with van der Waals surface area (Å²) < 4.78 is 0. The van der Waals surface area contributed by atoms with Crippen molar-refractivity contribution in [3.05, 3.63) is 65.5 Å². The van der Waals surface area contributed by atoms with Gasteiger partial charge in [0, 0.05) is 38.6 Å². The van der Waals surface area contributed by atoms with Gasteiger partial charge in [-0.15, -0.1) is 0 Å². The summed E-state index contributed by atoms with van der Waals surface area (Å²) in [7, 11) is 0. The zero-order valence-electron chi connectivity index (χ0n) is 15.7. The molecule has 1 atom stereocenters. The molecular formula is C21H28N4O. The first-order valence-electron chi connectivity index (χ1n) is 9.37. The molecule has 2 aromatic rings. The molecular weight excluding hydrogens is 324 g/mol. The Kier molecular flexibility index (Phi) is 6.36. The number of hydrogen-bond acceptors (Lipinski definition) is 4. The monoisotopic (exact) mass is 352 g/mol. The highest BCUT2D eigenvalue weighted by atomic mass is 16.2. The number of aryl methyl sites for hydroxylation is 1. The Morgan fingerprint density at radius 1 is 1.08 bits per heavy atom. The van der Waals surface area contributed by atoms with E-state index < -0.39 is 0 Å². The summed E-state index contributed by atoms with van der Waals surface area (Å²) in [6.45, 7) is 9.77. The second-order valence-electron chi connectivity index (χ2n) is 6.85. The largest absolute Gasteiger partial charge is 0.344 e. The van der Waals surface area contributed by atoms with Gasteiger partial charge in [-0.25, -0.2) is 0 Å². The molecule has 0 unspecified atom stereocenters. The predicted octanol–water partition coefficient (Wildman–Crippen LogP) is 2.23. The second kappa shape index (κ2) is 8.92. The third-order valence-electron chi connectivity index (χ3n) is 5.12. The van der Waals surface area contributed by atoms with Crippen LogP contribution >= 0.6 is 0 Å². The van der Waals surface area contributed by atoms with E-state index in [9.17, 15) is 4.79 Å². The molecule has 5 nitrogen and oxygen atoms in total. The maximum Gasteiger partial charge on any atom is 0.234 e.